The number of hydrogen-bond donors (Lipinski definition) is 2. The Bertz CT molecular complexity index is 729. The number of benzene rings is 1. The number of halogens is 1. The number of aromatic carboxylic acids is 1. The van der Waals surface area contributed by atoms with Gasteiger partial charge in [-0.25, -0.2) is 22.9 Å². The molecular formula is C11H9BrN2O4S2. The molecule has 6 nitrogen and oxygen atoms in total. The lowest BCUT2D eigenvalue weighted by atomic mass is 10.2. The molecule has 0 spiro atoms. The molecule has 20 heavy (non-hydrogen) atoms. The smallest absolute Gasteiger partial charge is 0.335 e. The van der Waals surface area contributed by atoms with E-state index in [0.717, 1.165) is 6.07 Å². The molecule has 2 aromatic rings. The largest absolute Gasteiger partial charge is 0.478 e. The highest BCUT2D eigenvalue weighted by atomic mass is 79.9. The monoisotopic (exact) mass is 376 g/mol. The highest BCUT2D eigenvalue weighted by Crippen LogP contribution is 2.23. The molecule has 0 atom stereocenters. The van der Waals surface area contributed by atoms with Crippen LogP contribution in [0.1, 0.15) is 15.4 Å². The van der Waals surface area contributed by atoms with Crippen LogP contribution in [0, 0.1) is 0 Å². The third-order valence-corrected chi connectivity index (χ3v) is 5.54. The zero-order valence-corrected chi connectivity index (χ0v) is 13.1. The van der Waals surface area contributed by atoms with Gasteiger partial charge in [-0.15, -0.1) is 11.3 Å². The summed E-state index contributed by atoms with van der Waals surface area (Å²) in [6, 6.07) is 3.82. The van der Waals surface area contributed by atoms with Crippen molar-refractivity contribution < 1.29 is 18.3 Å². The number of sulfonamides is 1. The first kappa shape index (κ1) is 15.1. The Balaban J connectivity index is 2.28. The number of nitrogens with one attached hydrogen (secondary N) is 1. The molecular weight excluding hydrogens is 368 g/mol. The summed E-state index contributed by atoms with van der Waals surface area (Å²) in [5.74, 6) is -1.19. The molecule has 0 radical (unpaired) electrons. The van der Waals surface area contributed by atoms with Crippen LogP contribution in [0.5, 0.6) is 0 Å². The van der Waals surface area contributed by atoms with Gasteiger partial charge in [0.05, 0.1) is 17.0 Å². The van der Waals surface area contributed by atoms with Crippen molar-refractivity contribution in [2.45, 2.75) is 11.4 Å². The predicted molar refractivity (Wildman–Crippen MR) is 77.2 cm³/mol. The summed E-state index contributed by atoms with van der Waals surface area (Å²) in [4.78, 5) is 14.7. The fraction of sp³-hybridized carbons (Fsp3) is 0.0909. The van der Waals surface area contributed by atoms with Crippen molar-refractivity contribution in [2.75, 3.05) is 0 Å². The van der Waals surface area contributed by atoms with Gasteiger partial charge >= 0.3 is 5.97 Å². The van der Waals surface area contributed by atoms with Crippen LogP contribution in [0.3, 0.4) is 0 Å². The molecule has 106 valence electrons. The summed E-state index contributed by atoms with van der Waals surface area (Å²) in [7, 11) is -3.82. The summed E-state index contributed by atoms with van der Waals surface area (Å²) in [5.41, 5.74) is -0.0946. The maximum Gasteiger partial charge on any atom is 0.335 e. The minimum Gasteiger partial charge on any atom is -0.478 e. The van der Waals surface area contributed by atoms with Crippen LogP contribution in [0.4, 0.5) is 0 Å². The first-order valence-corrected chi connectivity index (χ1v) is 8.46. The number of nitrogens with zero attached hydrogens (tertiary/aromatic N) is 1. The van der Waals surface area contributed by atoms with Gasteiger partial charge in [0.2, 0.25) is 10.0 Å². The van der Waals surface area contributed by atoms with Gasteiger partial charge in [-0.3, -0.25) is 0 Å². The maximum atomic E-state index is 12.2. The van der Waals surface area contributed by atoms with Crippen LogP contribution >= 0.6 is 27.3 Å². The van der Waals surface area contributed by atoms with E-state index in [2.05, 4.69) is 25.6 Å². The second-order valence-corrected chi connectivity index (χ2v) is 7.27. The third kappa shape index (κ3) is 3.42. The zero-order valence-electron chi connectivity index (χ0n) is 9.91. The average Bonchev–Trinajstić information content (AvgIpc) is 2.89. The topological polar surface area (TPSA) is 96.4 Å². The van der Waals surface area contributed by atoms with Crippen molar-refractivity contribution in [3.8, 4) is 0 Å². The van der Waals surface area contributed by atoms with E-state index in [9.17, 15) is 13.2 Å². The van der Waals surface area contributed by atoms with Crippen molar-refractivity contribution in [2.24, 2.45) is 0 Å². The lowest BCUT2D eigenvalue weighted by Crippen LogP contribution is -2.23. The van der Waals surface area contributed by atoms with Crippen LogP contribution in [-0.4, -0.2) is 24.5 Å². The van der Waals surface area contributed by atoms with E-state index in [1.54, 1.807) is 11.6 Å². The first-order chi connectivity index (χ1) is 9.40. The minimum atomic E-state index is -3.82. The maximum absolute atomic E-state index is 12.2. The Morgan fingerprint density at radius 1 is 1.45 bits per heavy atom. The molecule has 9 heteroatoms. The van der Waals surface area contributed by atoms with Gasteiger partial charge in [-0.05, 0) is 34.1 Å². The van der Waals surface area contributed by atoms with Crippen LogP contribution in [0.15, 0.2) is 39.1 Å². The predicted octanol–water partition coefficient (Wildman–Crippen LogP) is 2.08. The molecule has 0 unspecified atom stereocenters. The van der Waals surface area contributed by atoms with E-state index >= 15 is 0 Å². The van der Waals surface area contributed by atoms with Crippen molar-refractivity contribution in [1.29, 1.82) is 0 Å². The Morgan fingerprint density at radius 3 is 2.80 bits per heavy atom. The lowest BCUT2D eigenvalue weighted by Gasteiger charge is -2.08. The molecule has 2 rings (SSSR count). The number of carbonyl (C=O) groups is 1. The molecule has 1 aromatic carbocycles. The van der Waals surface area contributed by atoms with Gasteiger partial charge in [-0.2, -0.15) is 0 Å². The molecule has 0 fully saturated rings. The molecule has 0 aliphatic heterocycles. The Morgan fingerprint density at radius 2 is 2.20 bits per heavy atom. The standard InChI is InChI=1S/C11H9BrN2O4S2/c12-8-2-1-7(11(15)16)5-9(8)20(17,18)14-6-10-13-3-4-19-10/h1-5,14H,6H2,(H,15,16). The Hall–Kier alpha value is -1.29. The summed E-state index contributed by atoms with van der Waals surface area (Å²) in [5, 5.41) is 11.3. The summed E-state index contributed by atoms with van der Waals surface area (Å²) >= 11 is 4.44. The number of aromatic nitrogens is 1. The van der Waals surface area contributed by atoms with Gasteiger partial charge in [0, 0.05) is 16.0 Å². The quantitative estimate of drug-likeness (QED) is 0.832. The van der Waals surface area contributed by atoms with E-state index in [0.29, 0.717) is 9.48 Å². The van der Waals surface area contributed by atoms with Gasteiger partial charge in [-0.1, -0.05) is 0 Å². The van der Waals surface area contributed by atoms with E-state index in [1.165, 1.54) is 23.5 Å². The fourth-order valence-corrected chi connectivity index (χ4v) is 4.04. The molecule has 0 saturated carbocycles. The van der Waals surface area contributed by atoms with E-state index < -0.39 is 16.0 Å². The van der Waals surface area contributed by atoms with Crippen LogP contribution < -0.4 is 4.72 Å². The normalized spacial score (nSPS) is 11.4. The Labute approximate surface area is 127 Å². The first-order valence-electron chi connectivity index (χ1n) is 5.31. The SMILES string of the molecule is O=C(O)c1ccc(Br)c(S(=O)(=O)NCc2nccs2)c1. The molecule has 0 aliphatic rings. The van der Waals surface area contributed by atoms with Crippen molar-refractivity contribution >= 4 is 43.3 Å². The van der Waals surface area contributed by atoms with Crippen molar-refractivity contribution in [3.05, 3.63) is 44.8 Å². The average molecular weight is 377 g/mol. The zero-order chi connectivity index (χ0) is 14.8. The molecule has 0 bridgehead atoms. The summed E-state index contributed by atoms with van der Waals surface area (Å²) in [6.45, 7) is 0.0593. The molecule has 1 heterocycles. The second kappa shape index (κ2) is 6.00. The number of hydrogen-bond acceptors (Lipinski definition) is 5. The van der Waals surface area contributed by atoms with Crippen molar-refractivity contribution in [1.82, 2.24) is 9.71 Å². The van der Waals surface area contributed by atoms with Crippen LogP contribution in [0.2, 0.25) is 0 Å². The van der Waals surface area contributed by atoms with Gasteiger partial charge in [0.1, 0.15) is 5.01 Å². The highest BCUT2D eigenvalue weighted by molar-refractivity contribution is 9.10. The molecule has 0 amide bonds. The van der Waals surface area contributed by atoms with E-state index in [-0.39, 0.29) is 17.0 Å². The number of rotatable bonds is 5. The van der Waals surface area contributed by atoms with Crippen LogP contribution in [-0.2, 0) is 16.6 Å². The summed E-state index contributed by atoms with van der Waals surface area (Å²) in [6.07, 6.45) is 1.58. The van der Waals surface area contributed by atoms with E-state index in [4.69, 9.17) is 5.11 Å². The minimum absolute atomic E-state index is 0.0593. The summed E-state index contributed by atoms with van der Waals surface area (Å²) < 4.78 is 27.0. The molecule has 0 saturated heterocycles. The highest BCUT2D eigenvalue weighted by Gasteiger charge is 2.19. The third-order valence-electron chi connectivity index (χ3n) is 2.36. The Kier molecular flexibility index (Phi) is 4.53. The molecule has 0 aliphatic carbocycles. The number of carboxylic acids is 1. The van der Waals surface area contributed by atoms with Gasteiger partial charge in [0.15, 0.2) is 0 Å². The molecule has 1 aromatic heterocycles. The van der Waals surface area contributed by atoms with Crippen molar-refractivity contribution in [3.63, 3.8) is 0 Å². The number of thiazole rings is 1. The second-order valence-electron chi connectivity index (χ2n) is 3.70. The van der Waals surface area contributed by atoms with Crippen LogP contribution in [0.25, 0.3) is 0 Å². The molecule has 2 N–H and O–H groups in total. The lowest BCUT2D eigenvalue weighted by molar-refractivity contribution is 0.0696. The fourth-order valence-electron chi connectivity index (χ4n) is 1.42. The van der Waals surface area contributed by atoms with Gasteiger partial charge < -0.3 is 5.11 Å². The van der Waals surface area contributed by atoms with Gasteiger partial charge in [0.25, 0.3) is 0 Å². The number of carboxylic acid groups (broad SMARTS) is 1. The van der Waals surface area contributed by atoms with E-state index in [1.807, 2.05) is 0 Å².